The minimum atomic E-state index is -0.208. The summed E-state index contributed by atoms with van der Waals surface area (Å²) in [6, 6.07) is 36.9. The molecule has 5 rings (SSSR count). The molecule has 0 saturated carbocycles. The van der Waals surface area contributed by atoms with E-state index in [1.807, 2.05) is 115 Å². The standard InChI is InChI=1S/C39H36O6S/c1-41-32-18-14-31(15-19-32)27-46-39-36(45-26-30-12-8-5-9-13-30)23-22-35(44-25-29-10-6-4-7-11-29)38(39)33(40)20-16-28-17-21-34(42-2)37(24-28)43-3/h4-24H,25-27H2,1-3H3/b20-16+. The number of rotatable bonds is 15. The normalized spacial score (nSPS) is 10.8. The molecule has 0 fully saturated rings. The summed E-state index contributed by atoms with van der Waals surface area (Å²) in [4.78, 5) is 14.9. The van der Waals surface area contributed by atoms with Crippen LogP contribution in [0.1, 0.15) is 32.6 Å². The van der Waals surface area contributed by atoms with Gasteiger partial charge < -0.3 is 23.7 Å². The summed E-state index contributed by atoms with van der Waals surface area (Å²) in [5, 5.41) is 0. The number of thioether (sulfide) groups is 1. The zero-order valence-corrected chi connectivity index (χ0v) is 26.9. The van der Waals surface area contributed by atoms with Gasteiger partial charge >= 0.3 is 0 Å². The number of benzene rings is 5. The van der Waals surface area contributed by atoms with E-state index in [0.29, 0.717) is 52.4 Å². The maximum atomic E-state index is 14.2. The molecule has 0 saturated heterocycles. The quantitative estimate of drug-likeness (QED) is 0.0648. The summed E-state index contributed by atoms with van der Waals surface area (Å²) >= 11 is 1.54. The molecule has 234 valence electrons. The molecule has 0 aliphatic carbocycles. The van der Waals surface area contributed by atoms with E-state index >= 15 is 0 Å². The molecular weight excluding hydrogens is 596 g/mol. The Kier molecular flexibility index (Phi) is 11.4. The predicted molar refractivity (Wildman–Crippen MR) is 183 cm³/mol. The highest BCUT2D eigenvalue weighted by molar-refractivity contribution is 7.98. The van der Waals surface area contributed by atoms with Crippen LogP contribution in [0, 0.1) is 0 Å². The zero-order valence-electron chi connectivity index (χ0n) is 26.1. The second-order valence-electron chi connectivity index (χ2n) is 10.3. The van der Waals surface area contributed by atoms with Crippen molar-refractivity contribution >= 4 is 23.6 Å². The third-order valence-electron chi connectivity index (χ3n) is 7.18. The zero-order chi connectivity index (χ0) is 32.1. The van der Waals surface area contributed by atoms with E-state index in [-0.39, 0.29) is 5.78 Å². The number of hydrogen-bond acceptors (Lipinski definition) is 7. The Labute approximate surface area is 274 Å². The van der Waals surface area contributed by atoms with Gasteiger partial charge in [-0.1, -0.05) is 84.9 Å². The van der Waals surface area contributed by atoms with Gasteiger partial charge in [0.25, 0.3) is 0 Å². The molecule has 0 unspecified atom stereocenters. The summed E-state index contributed by atoms with van der Waals surface area (Å²) in [6.07, 6.45) is 3.32. The molecule has 5 aromatic rings. The first-order valence-corrected chi connectivity index (χ1v) is 15.8. The maximum Gasteiger partial charge on any atom is 0.190 e. The second-order valence-corrected chi connectivity index (χ2v) is 11.2. The molecule has 0 aliphatic heterocycles. The average Bonchev–Trinajstić information content (AvgIpc) is 3.12. The summed E-state index contributed by atoms with van der Waals surface area (Å²) in [5.41, 5.74) is 4.34. The molecule has 0 aliphatic rings. The fourth-order valence-corrected chi connectivity index (χ4v) is 5.83. The van der Waals surface area contributed by atoms with Crippen molar-refractivity contribution < 1.29 is 28.5 Å². The summed E-state index contributed by atoms with van der Waals surface area (Å²) < 4.78 is 28.9. The monoisotopic (exact) mass is 632 g/mol. The van der Waals surface area contributed by atoms with Gasteiger partial charge in [-0.2, -0.15) is 0 Å². The van der Waals surface area contributed by atoms with E-state index in [4.69, 9.17) is 23.7 Å². The molecule has 0 amide bonds. The smallest absolute Gasteiger partial charge is 0.190 e. The van der Waals surface area contributed by atoms with Crippen molar-refractivity contribution in [2.75, 3.05) is 21.3 Å². The molecule has 7 heteroatoms. The second kappa shape index (κ2) is 16.3. The predicted octanol–water partition coefficient (Wildman–Crippen LogP) is 9.06. The molecule has 5 aromatic carbocycles. The van der Waals surface area contributed by atoms with Crippen LogP contribution in [0.3, 0.4) is 0 Å². The number of ketones is 1. The van der Waals surface area contributed by atoms with Gasteiger partial charge in [0.05, 0.1) is 31.8 Å². The highest BCUT2D eigenvalue weighted by atomic mass is 32.2. The molecular formula is C39H36O6S. The fourth-order valence-electron chi connectivity index (χ4n) is 4.72. The van der Waals surface area contributed by atoms with Gasteiger partial charge in [-0.3, -0.25) is 4.79 Å². The fraction of sp³-hybridized carbons (Fsp3) is 0.154. The Hall–Kier alpha value is -5.14. The van der Waals surface area contributed by atoms with Gasteiger partial charge in [0.2, 0.25) is 0 Å². The Balaban J connectivity index is 1.53. The summed E-state index contributed by atoms with van der Waals surface area (Å²) in [6.45, 7) is 0.670. The molecule has 0 N–H and O–H groups in total. The lowest BCUT2D eigenvalue weighted by molar-refractivity contribution is 0.103. The molecule has 0 radical (unpaired) electrons. The molecule has 0 atom stereocenters. The number of methoxy groups -OCH3 is 3. The van der Waals surface area contributed by atoms with Gasteiger partial charge in [-0.25, -0.2) is 0 Å². The lowest BCUT2D eigenvalue weighted by Gasteiger charge is -2.18. The van der Waals surface area contributed by atoms with Gasteiger partial charge in [0.15, 0.2) is 17.3 Å². The SMILES string of the molecule is COc1ccc(CSc2c(OCc3ccccc3)ccc(OCc3ccccc3)c2C(=O)/C=C/c2ccc(OC)c(OC)c2)cc1. The average molecular weight is 633 g/mol. The Bertz CT molecular complexity index is 1750. The van der Waals surface area contributed by atoms with Crippen molar-refractivity contribution in [3.8, 4) is 28.7 Å². The molecule has 0 bridgehead atoms. The van der Waals surface area contributed by atoms with Crippen LogP contribution in [0.15, 0.2) is 126 Å². The molecule has 6 nitrogen and oxygen atoms in total. The van der Waals surface area contributed by atoms with Crippen LogP contribution in [-0.2, 0) is 19.0 Å². The lowest BCUT2D eigenvalue weighted by atomic mass is 10.1. The third-order valence-corrected chi connectivity index (χ3v) is 8.35. The lowest BCUT2D eigenvalue weighted by Crippen LogP contribution is -2.07. The van der Waals surface area contributed by atoms with E-state index in [2.05, 4.69) is 0 Å². The van der Waals surface area contributed by atoms with Crippen molar-refractivity contribution in [1.29, 1.82) is 0 Å². The van der Waals surface area contributed by atoms with E-state index < -0.39 is 0 Å². The van der Waals surface area contributed by atoms with E-state index in [0.717, 1.165) is 28.0 Å². The highest BCUT2D eigenvalue weighted by Gasteiger charge is 2.22. The number of ether oxygens (including phenoxy) is 5. The van der Waals surface area contributed by atoms with Crippen LogP contribution in [0.4, 0.5) is 0 Å². The Morgan fingerprint density at radius 2 is 1.20 bits per heavy atom. The molecule has 0 aromatic heterocycles. The van der Waals surface area contributed by atoms with Crippen LogP contribution < -0.4 is 23.7 Å². The maximum absolute atomic E-state index is 14.2. The highest BCUT2D eigenvalue weighted by Crippen LogP contribution is 2.41. The summed E-state index contributed by atoms with van der Waals surface area (Å²) in [5.74, 6) is 3.47. The van der Waals surface area contributed by atoms with Crippen molar-refractivity contribution in [3.05, 3.63) is 149 Å². The van der Waals surface area contributed by atoms with Gasteiger partial charge in [0.1, 0.15) is 30.5 Å². The van der Waals surface area contributed by atoms with Crippen molar-refractivity contribution in [3.63, 3.8) is 0 Å². The molecule has 46 heavy (non-hydrogen) atoms. The van der Waals surface area contributed by atoms with Crippen molar-refractivity contribution in [2.45, 2.75) is 23.9 Å². The van der Waals surface area contributed by atoms with Crippen LogP contribution in [0.2, 0.25) is 0 Å². The van der Waals surface area contributed by atoms with Gasteiger partial charge in [0, 0.05) is 5.75 Å². The van der Waals surface area contributed by atoms with E-state index in [1.165, 1.54) is 11.8 Å². The number of carbonyl (C=O) groups is 1. The Morgan fingerprint density at radius 3 is 1.80 bits per heavy atom. The third kappa shape index (κ3) is 8.52. The van der Waals surface area contributed by atoms with Crippen LogP contribution in [-0.4, -0.2) is 27.1 Å². The number of carbonyl (C=O) groups excluding carboxylic acids is 1. The number of allylic oxidation sites excluding steroid dienone is 1. The minimum Gasteiger partial charge on any atom is -0.497 e. The van der Waals surface area contributed by atoms with Gasteiger partial charge in [-0.15, -0.1) is 11.8 Å². The summed E-state index contributed by atoms with van der Waals surface area (Å²) in [7, 11) is 4.82. The first-order chi connectivity index (χ1) is 22.6. The van der Waals surface area contributed by atoms with E-state index in [9.17, 15) is 4.79 Å². The van der Waals surface area contributed by atoms with E-state index in [1.54, 1.807) is 33.5 Å². The van der Waals surface area contributed by atoms with Crippen molar-refractivity contribution in [2.24, 2.45) is 0 Å². The first kappa shape index (κ1) is 32.3. The molecule has 0 heterocycles. The van der Waals surface area contributed by atoms with Crippen LogP contribution in [0.5, 0.6) is 28.7 Å². The first-order valence-electron chi connectivity index (χ1n) is 14.8. The number of hydrogen-bond donors (Lipinski definition) is 0. The Morgan fingerprint density at radius 1 is 0.609 bits per heavy atom. The molecule has 0 spiro atoms. The largest absolute Gasteiger partial charge is 0.497 e. The van der Waals surface area contributed by atoms with Crippen LogP contribution in [0.25, 0.3) is 6.08 Å². The van der Waals surface area contributed by atoms with Crippen molar-refractivity contribution in [1.82, 2.24) is 0 Å². The van der Waals surface area contributed by atoms with Gasteiger partial charge in [-0.05, 0) is 64.7 Å². The minimum absolute atomic E-state index is 0.208. The topological polar surface area (TPSA) is 63.2 Å². The van der Waals surface area contributed by atoms with Crippen LogP contribution >= 0.6 is 11.8 Å².